The number of para-hydroxylation sites is 1. The zero-order valence-corrected chi connectivity index (χ0v) is 9.77. The number of aryl methyl sites for hydroxylation is 1. The Hall–Kier alpha value is -2.54. The maximum atomic E-state index is 13.4. The minimum Gasteiger partial charge on any atom is -0.455 e. The molecule has 2 aromatic carbocycles. The Morgan fingerprint density at radius 1 is 1.28 bits per heavy atom. The van der Waals surface area contributed by atoms with Gasteiger partial charge in [0.1, 0.15) is 17.6 Å². The summed E-state index contributed by atoms with van der Waals surface area (Å²) in [5.41, 5.74) is 7.13. The van der Waals surface area contributed by atoms with Crippen LogP contribution in [0.25, 0.3) is 0 Å². The summed E-state index contributed by atoms with van der Waals surface area (Å²) in [6, 6.07) is 11.2. The zero-order valence-electron chi connectivity index (χ0n) is 9.77. The van der Waals surface area contributed by atoms with Gasteiger partial charge in [-0.3, -0.25) is 0 Å². The van der Waals surface area contributed by atoms with Crippen LogP contribution in [-0.4, -0.2) is 0 Å². The minimum absolute atomic E-state index is 0.0138. The predicted molar refractivity (Wildman–Crippen MR) is 66.8 cm³/mol. The van der Waals surface area contributed by atoms with Gasteiger partial charge in [0.15, 0.2) is 5.75 Å². The molecule has 0 aromatic heterocycles. The number of ether oxygens (including phenoxy) is 1. The maximum Gasteiger partial charge on any atom is 0.153 e. The van der Waals surface area contributed by atoms with Gasteiger partial charge in [0.05, 0.1) is 11.3 Å². The van der Waals surface area contributed by atoms with E-state index in [4.69, 9.17) is 15.7 Å². The summed E-state index contributed by atoms with van der Waals surface area (Å²) in [7, 11) is 0. The number of nitrogens with zero attached hydrogens (tertiary/aromatic N) is 1. The van der Waals surface area contributed by atoms with E-state index in [1.54, 1.807) is 12.1 Å². The summed E-state index contributed by atoms with van der Waals surface area (Å²) in [4.78, 5) is 0. The van der Waals surface area contributed by atoms with Gasteiger partial charge in [-0.15, -0.1) is 0 Å². The Balaban J connectivity index is 2.35. The van der Waals surface area contributed by atoms with E-state index in [9.17, 15) is 4.39 Å². The fourth-order valence-corrected chi connectivity index (χ4v) is 1.58. The number of anilines is 1. The summed E-state index contributed by atoms with van der Waals surface area (Å²) in [5.74, 6) is 0.205. The SMILES string of the molecule is Cc1cccc(N)c1Oc1ccc(C#N)c(F)c1. The first-order valence-electron chi connectivity index (χ1n) is 5.34. The molecule has 0 fully saturated rings. The third kappa shape index (κ3) is 2.25. The Kier molecular flexibility index (Phi) is 3.16. The molecule has 3 nitrogen and oxygen atoms in total. The van der Waals surface area contributed by atoms with Gasteiger partial charge >= 0.3 is 0 Å². The highest BCUT2D eigenvalue weighted by molar-refractivity contribution is 5.57. The molecule has 0 spiro atoms. The predicted octanol–water partition coefficient (Wildman–Crippen LogP) is 3.38. The molecule has 0 aliphatic carbocycles. The van der Waals surface area contributed by atoms with Crippen molar-refractivity contribution in [3.05, 3.63) is 53.3 Å². The van der Waals surface area contributed by atoms with Crippen molar-refractivity contribution in [1.82, 2.24) is 0 Å². The Morgan fingerprint density at radius 3 is 2.67 bits per heavy atom. The number of rotatable bonds is 2. The first-order chi connectivity index (χ1) is 8.61. The van der Waals surface area contributed by atoms with E-state index in [1.165, 1.54) is 18.2 Å². The smallest absolute Gasteiger partial charge is 0.153 e. The van der Waals surface area contributed by atoms with Gasteiger partial charge < -0.3 is 10.5 Å². The summed E-state index contributed by atoms with van der Waals surface area (Å²) in [6.07, 6.45) is 0. The monoisotopic (exact) mass is 242 g/mol. The molecule has 0 aliphatic rings. The normalized spacial score (nSPS) is 9.83. The van der Waals surface area contributed by atoms with Gasteiger partial charge in [0.2, 0.25) is 0 Å². The number of hydrogen-bond donors (Lipinski definition) is 1. The fourth-order valence-electron chi connectivity index (χ4n) is 1.58. The topological polar surface area (TPSA) is 59.0 Å². The van der Waals surface area contributed by atoms with Gasteiger partial charge in [0.25, 0.3) is 0 Å². The number of nitrogens with two attached hydrogens (primary N) is 1. The Morgan fingerprint density at radius 2 is 2.06 bits per heavy atom. The lowest BCUT2D eigenvalue weighted by molar-refractivity contribution is 0.475. The first-order valence-corrected chi connectivity index (χ1v) is 5.34. The highest BCUT2D eigenvalue weighted by Crippen LogP contribution is 2.31. The highest BCUT2D eigenvalue weighted by atomic mass is 19.1. The molecule has 0 saturated heterocycles. The molecule has 0 heterocycles. The summed E-state index contributed by atoms with van der Waals surface area (Å²) in [6.45, 7) is 1.85. The molecule has 0 bridgehead atoms. The van der Waals surface area contributed by atoms with Gasteiger partial charge in [-0.05, 0) is 30.7 Å². The van der Waals surface area contributed by atoms with Crippen LogP contribution < -0.4 is 10.5 Å². The molecule has 0 unspecified atom stereocenters. The van der Waals surface area contributed by atoms with Crippen molar-refractivity contribution in [2.24, 2.45) is 0 Å². The zero-order chi connectivity index (χ0) is 13.1. The van der Waals surface area contributed by atoms with Crippen LogP contribution in [0, 0.1) is 24.1 Å². The van der Waals surface area contributed by atoms with Crippen molar-refractivity contribution < 1.29 is 9.13 Å². The van der Waals surface area contributed by atoms with E-state index in [0.29, 0.717) is 17.2 Å². The van der Waals surface area contributed by atoms with Crippen molar-refractivity contribution in [1.29, 1.82) is 5.26 Å². The summed E-state index contributed by atoms with van der Waals surface area (Å²) in [5, 5.41) is 8.64. The lowest BCUT2D eigenvalue weighted by atomic mass is 10.2. The van der Waals surface area contributed by atoms with Gasteiger partial charge in [0, 0.05) is 6.07 Å². The number of nitriles is 1. The van der Waals surface area contributed by atoms with Crippen LogP contribution in [0.3, 0.4) is 0 Å². The molecular weight excluding hydrogens is 231 g/mol. The number of nitrogen functional groups attached to an aromatic ring is 1. The second kappa shape index (κ2) is 4.76. The summed E-state index contributed by atoms with van der Waals surface area (Å²) >= 11 is 0. The van der Waals surface area contributed by atoms with Gasteiger partial charge in [-0.1, -0.05) is 12.1 Å². The van der Waals surface area contributed by atoms with E-state index in [0.717, 1.165) is 5.56 Å². The third-order valence-electron chi connectivity index (χ3n) is 2.52. The van der Waals surface area contributed by atoms with E-state index in [2.05, 4.69) is 0 Å². The Labute approximate surface area is 104 Å². The summed E-state index contributed by atoms with van der Waals surface area (Å²) < 4.78 is 19.0. The van der Waals surface area contributed by atoms with Gasteiger partial charge in [-0.25, -0.2) is 4.39 Å². The van der Waals surface area contributed by atoms with Crippen molar-refractivity contribution in [2.45, 2.75) is 6.92 Å². The van der Waals surface area contributed by atoms with Crippen LogP contribution >= 0.6 is 0 Å². The molecule has 2 aromatic rings. The average molecular weight is 242 g/mol. The van der Waals surface area contributed by atoms with Crippen molar-refractivity contribution in [2.75, 3.05) is 5.73 Å². The molecular formula is C14H11FN2O. The third-order valence-corrected chi connectivity index (χ3v) is 2.52. The molecule has 0 saturated carbocycles. The lowest BCUT2D eigenvalue weighted by Gasteiger charge is -2.11. The van der Waals surface area contributed by atoms with E-state index in [1.807, 2.05) is 19.1 Å². The standard InChI is InChI=1S/C14H11FN2O/c1-9-3-2-4-13(17)14(9)18-11-6-5-10(8-16)12(15)7-11/h2-7H,17H2,1H3. The van der Waals surface area contributed by atoms with E-state index in [-0.39, 0.29) is 5.56 Å². The molecule has 2 N–H and O–H groups in total. The van der Waals surface area contributed by atoms with Crippen LogP contribution in [-0.2, 0) is 0 Å². The number of benzene rings is 2. The van der Waals surface area contributed by atoms with Crippen molar-refractivity contribution in [3.63, 3.8) is 0 Å². The highest BCUT2D eigenvalue weighted by Gasteiger charge is 2.08. The van der Waals surface area contributed by atoms with Crippen LogP contribution in [0.4, 0.5) is 10.1 Å². The van der Waals surface area contributed by atoms with Crippen molar-refractivity contribution in [3.8, 4) is 17.6 Å². The largest absolute Gasteiger partial charge is 0.455 e. The quantitative estimate of drug-likeness (QED) is 0.821. The molecule has 4 heteroatoms. The second-order valence-corrected chi connectivity index (χ2v) is 3.85. The van der Waals surface area contributed by atoms with Crippen molar-refractivity contribution >= 4 is 5.69 Å². The molecule has 18 heavy (non-hydrogen) atoms. The van der Waals surface area contributed by atoms with Gasteiger partial charge in [-0.2, -0.15) is 5.26 Å². The maximum absolute atomic E-state index is 13.4. The Bertz CT molecular complexity index is 612. The number of halogens is 1. The van der Waals surface area contributed by atoms with Crippen LogP contribution in [0.15, 0.2) is 36.4 Å². The minimum atomic E-state index is -0.609. The fraction of sp³-hybridized carbons (Fsp3) is 0.0714. The molecule has 2 rings (SSSR count). The second-order valence-electron chi connectivity index (χ2n) is 3.85. The van der Waals surface area contributed by atoms with Crippen LogP contribution in [0.5, 0.6) is 11.5 Å². The van der Waals surface area contributed by atoms with E-state index < -0.39 is 5.82 Å². The molecule has 0 aliphatic heterocycles. The van der Waals surface area contributed by atoms with Crippen LogP contribution in [0.2, 0.25) is 0 Å². The molecule has 0 amide bonds. The first kappa shape index (κ1) is 11.9. The van der Waals surface area contributed by atoms with E-state index >= 15 is 0 Å². The molecule has 0 atom stereocenters. The molecule has 90 valence electrons. The van der Waals surface area contributed by atoms with Crippen LogP contribution in [0.1, 0.15) is 11.1 Å². The lowest BCUT2D eigenvalue weighted by Crippen LogP contribution is -1.95. The average Bonchev–Trinajstić information content (AvgIpc) is 2.34. The number of hydrogen-bond acceptors (Lipinski definition) is 3. The molecule has 0 radical (unpaired) electrons.